The number of rotatable bonds is 3. The van der Waals surface area contributed by atoms with E-state index in [1.165, 1.54) is 33.1 Å². The molecule has 0 spiro atoms. The van der Waals surface area contributed by atoms with E-state index in [1.807, 2.05) is 0 Å². The molecule has 4 nitrogen and oxygen atoms in total. The van der Waals surface area contributed by atoms with E-state index in [2.05, 4.69) is 4.98 Å². The first-order valence-electron chi connectivity index (χ1n) is 9.47. The maximum atomic E-state index is 14.3. The number of hydrogen-bond donors (Lipinski definition) is 1. The van der Waals surface area contributed by atoms with E-state index in [4.69, 9.17) is 4.74 Å². The number of benzene rings is 1. The maximum absolute atomic E-state index is 14.3. The van der Waals surface area contributed by atoms with Gasteiger partial charge in [-0.15, -0.1) is 0 Å². The molecule has 10 heteroatoms. The van der Waals surface area contributed by atoms with Gasteiger partial charge in [-0.2, -0.15) is 13.2 Å². The van der Waals surface area contributed by atoms with E-state index in [-0.39, 0.29) is 27.4 Å². The summed E-state index contributed by atoms with van der Waals surface area (Å²) in [6, 6.07) is 3.17. The summed E-state index contributed by atoms with van der Waals surface area (Å²) >= 11 is 0. The molecule has 1 aliphatic heterocycles. The highest BCUT2D eigenvalue weighted by atomic mass is 32.2. The number of H-pyrrole nitrogens is 1. The second kappa shape index (κ2) is 7.81. The second-order valence-electron chi connectivity index (χ2n) is 8.03. The van der Waals surface area contributed by atoms with Crippen LogP contribution in [0.25, 0.3) is 0 Å². The summed E-state index contributed by atoms with van der Waals surface area (Å²) < 4.78 is 87.2. The highest BCUT2D eigenvalue weighted by Crippen LogP contribution is 2.58. The Morgan fingerprint density at radius 3 is 2.32 bits per heavy atom. The Hall–Kier alpha value is -2.07. The highest BCUT2D eigenvalue weighted by Gasteiger charge is 2.64. The predicted molar refractivity (Wildman–Crippen MR) is 105 cm³/mol. The Morgan fingerprint density at radius 1 is 1.19 bits per heavy atom. The minimum absolute atomic E-state index is 0.00827. The molecule has 170 valence electrons. The van der Waals surface area contributed by atoms with Crippen LogP contribution in [0.3, 0.4) is 0 Å². The van der Waals surface area contributed by atoms with Crippen molar-refractivity contribution in [2.75, 3.05) is 6.26 Å². The number of pyridine rings is 1. The maximum Gasteiger partial charge on any atom is 0.417 e. The predicted octanol–water partition coefficient (Wildman–Crippen LogP) is 4.82. The average Bonchev–Trinajstić information content (AvgIpc) is 2.91. The Morgan fingerprint density at radius 2 is 1.81 bits per heavy atom. The highest BCUT2D eigenvalue weighted by molar-refractivity contribution is 7.84. The van der Waals surface area contributed by atoms with Gasteiger partial charge in [0.2, 0.25) is 0 Å². The van der Waals surface area contributed by atoms with Gasteiger partial charge in [-0.3, -0.25) is 9.00 Å². The number of aryl methyl sites for hydroxylation is 1. The lowest BCUT2D eigenvalue weighted by Crippen LogP contribution is -2.46. The quantitative estimate of drug-likeness (QED) is 0.664. The number of aromatic nitrogens is 1. The SMILES string of the molecule is Cc1[nH]c([C@@H]2O[C@@](C)(C(F)(F)F)[C@@H](C)[C@H]2c2ccc(F)c(F)c2C)cc(=O)c1[S@@](C)=O. The first-order valence-corrected chi connectivity index (χ1v) is 11.0. The summed E-state index contributed by atoms with van der Waals surface area (Å²) in [4.78, 5) is 15.4. The molecule has 31 heavy (non-hydrogen) atoms. The van der Waals surface area contributed by atoms with Gasteiger partial charge in [0, 0.05) is 35.5 Å². The summed E-state index contributed by atoms with van der Waals surface area (Å²) in [5.41, 5.74) is -2.89. The smallest absolute Gasteiger partial charge is 0.359 e. The normalized spacial score (nSPS) is 27.5. The van der Waals surface area contributed by atoms with Crippen molar-refractivity contribution in [2.45, 2.75) is 56.4 Å². The summed E-state index contributed by atoms with van der Waals surface area (Å²) in [6.07, 6.45) is -4.73. The van der Waals surface area contributed by atoms with E-state index in [1.54, 1.807) is 0 Å². The first-order chi connectivity index (χ1) is 14.2. The number of ether oxygens (including phenoxy) is 1. The standard InChI is InChI=1S/C21H22F5NO3S/c1-9-12(6-7-13(22)17(9)23)16-10(2)20(4,21(24,25)26)30-18(16)14-8-15(28)19(31(5)29)11(3)27-14/h6-8,10,16,18H,1-5H3,(H,27,28)/t10-,16-,18-,20+,31+/m0/s1. The number of aromatic amines is 1. The van der Waals surface area contributed by atoms with E-state index in [9.17, 15) is 31.0 Å². The van der Waals surface area contributed by atoms with Crippen molar-refractivity contribution < 1.29 is 30.9 Å². The molecular weight excluding hydrogens is 441 g/mol. The van der Waals surface area contributed by atoms with Crippen molar-refractivity contribution in [1.29, 1.82) is 0 Å². The number of halogens is 5. The molecule has 5 atom stereocenters. The van der Waals surface area contributed by atoms with Crippen LogP contribution in [-0.2, 0) is 15.5 Å². The van der Waals surface area contributed by atoms with E-state index in [0.717, 1.165) is 19.1 Å². The first kappa shape index (κ1) is 23.6. The number of nitrogens with one attached hydrogen (secondary N) is 1. The van der Waals surface area contributed by atoms with Crippen LogP contribution in [0.15, 0.2) is 27.9 Å². The van der Waals surface area contributed by atoms with E-state index < -0.39 is 57.6 Å². The second-order valence-corrected chi connectivity index (χ2v) is 9.35. The number of alkyl halides is 3. The number of hydrogen-bond acceptors (Lipinski definition) is 3. The molecule has 1 aliphatic rings. The minimum Gasteiger partial charge on any atom is -0.359 e. The van der Waals surface area contributed by atoms with Crippen LogP contribution < -0.4 is 5.43 Å². The Labute approximate surface area is 178 Å². The summed E-state index contributed by atoms with van der Waals surface area (Å²) in [7, 11) is -1.61. The van der Waals surface area contributed by atoms with Gasteiger partial charge in [0.15, 0.2) is 22.7 Å². The van der Waals surface area contributed by atoms with Crippen molar-refractivity contribution in [3.63, 3.8) is 0 Å². The van der Waals surface area contributed by atoms with Gasteiger partial charge in [-0.05, 0) is 38.0 Å². The fourth-order valence-electron chi connectivity index (χ4n) is 4.30. The van der Waals surface area contributed by atoms with Crippen LogP contribution in [-0.4, -0.2) is 27.2 Å². The summed E-state index contributed by atoms with van der Waals surface area (Å²) in [5.74, 6) is -4.48. The van der Waals surface area contributed by atoms with Crippen LogP contribution in [0.1, 0.15) is 48.4 Å². The molecule has 0 aliphatic carbocycles. The molecule has 1 N–H and O–H groups in total. The van der Waals surface area contributed by atoms with Gasteiger partial charge < -0.3 is 9.72 Å². The third kappa shape index (κ3) is 3.73. The van der Waals surface area contributed by atoms with Crippen molar-refractivity contribution >= 4 is 10.8 Å². The molecule has 1 aromatic heterocycles. The van der Waals surface area contributed by atoms with E-state index >= 15 is 0 Å². The third-order valence-electron chi connectivity index (χ3n) is 6.19. The van der Waals surface area contributed by atoms with Gasteiger partial charge in [-0.1, -0.05) is 13.0 Å². The summed E-state index contributed by atoms with van der Waals surface area (Å²) in [5, 5.41) is 0. The van der Waals surface area contributed by atoms with Gasteiger partial charge in [0.25, 0.3) is 0 Å². The fraction of sp³-hybridized carbons (Fsp3) is 0.476. The lowest BCUT2D eigenvalue weighted by Gasteiger charge is -2.32. The van der Waals surface area contributed by atoms with Crippen molar-refractivity contribution in [2.24, 2.45) is 5.92 Å². The zero-order valence-electron chi connectivity index (χ0n) is 17.5. The van der Waals surface area contributed by atoms with Gasteiger partial charge in [-0.25, -0.2) is 8.78 Å². The summed E-state index contributed by atoms with van der Waals surface area (Å²) in [6.45, 7) is 5.01. The van der Waals surface area contributed by atoms with Crippen LogP contribution in [0, 0.1) is 31.4 Å². The minimum atomic E-state index is -4.76. The molecular formula is C21H22F5NO3S. The van der Waals surface area contributed by atoms with Gasteiger partial charge in [0.05, 0.1) is 10.8 Å². The van der Waals surface area contributed by atoms with Crippen LogP contribution >= 0.6 is 0 Å². The molecule has 0 amide bonds. The largest absolute Gasteiger partial charge is 0.417 e. The van der Waals surface area contributed by atoms with Crippen molar-refractivity contribution in [3.05, 3.63) is 62.6 Å². The molecule has 3 rings (SSSR count). The Kier molecular flexibility index (Phi) is 5.94. The van der Waals surface area contributed by atoms with Gasteiger partial charge >= 0.3 is 6.18 Å². The lowest BCUT2D eigenvalue weighted by molar-refractivity contribution is -0.275. The van der Waals surface area contributed by atoms with Crippen molar-refractivity contribution in [1.82, 2.24) is 4.98 Å². The Bertz CT molecular complexity index is 1110. The molecule has 1 fully saturated rings. The molecule has 0 unspecified atom stereocenters. The zero-order chi connectivity index (χ0) is 23.5. The van der Waals surface area contributed by atoms with Crippen molar-refractivity contribution in [3.8, 4) is 0 Å². The molecule has 2 aromatic rings. The van der Waals surface area contributed by atoms with Crippen LogP contribution in [0.5, 0.6) is 0 Å². The third-order valence-corrected chi connectivity index (χ3v) is 7.27. The molecule has 1 saturated heterocycles. The molecule has 0 bridgehead atoms. The fourth-order valence-corrected chi connectivity index (χ4v) is 5.13. The molecule has 0 radical (unpaired) electrons. The molecule has 2 heterocycles. The topological polar surface area (TPSA) is 59.2 Å². The van der Waals surface area contributed by atoms with Crippen LogP contribution in [0.4, 0.5) is 22.0 Å². The van der Waals surface area contributed by atoms with Crippen LogP contribution in [0.2, 0.25) is 0 Å². The van der Waals surface area contributed by atoms with E-state index in [0.29, 0.717) is 0 Å². The lowest BCUT2D eigenvalue weighted by atomic mass is 9.75. The monoisotopic (exact) mass is 463 g/mol. The van der Waals surface area contributed by atoms with Gasteiger partial charge in [0.1, 0.15) is 11.0 Å². The molecule has 0 saturated carbocycles. The zero-order valence-corrected chi connectivity index (χ0v) is 18.3. The molecule has 1 aromatic carbocycles. The Balaban J connectivity index is 2.25. The average molecular weight is 463 g/mol.